The number of rotatable bonds is 8. The van der Waals surface area contributed by atoms with Crippen molar-refractivity contribution in [2.75, 3.05) is 45.2 Å². The third-order valence-corrected chi connectivity index (χ3v) is 9.82. The van der Waals surface area contributed by atoms with E-state index < -0.39 is 17.5 Å². The number of methoxy groups -OCH3 is 1. The van der Waals surface area contributed by atoms with Gasteiger partial charge in [-0.25, -0.2) is 15.0 Å². The summed E-state index contributed by atoms with van der Waals surface area (Å²) in [6.45, 7) is 1.87. The Kier molecular flexibility index (Phi) is 8.68. The van der Waals surface area contributed by atoms with E-state index in [4.69, 9.17) is 4.74 Å². The molecule has 5 aromatic rings. The predicted molar refractivity (Wildman–Crippen MR) is 176 cm³/mol. The van der Waals surface area contributed by atoms with E-state index >= 15 is 0 Å². The minimum atomic E-state index is -4.60. The van der Waals surface area contributed by atoms with E-state index in [0.717, 1.165) is 27.7 Å². The lowest BCUT2D eigenvalue weighted by Crippen LogP contribution is -2.48. The van der Waals surface area contributed by atoms with Crippen molar-refractivity contribution in [2.24, 2.45) is 0 Å². The van der Waals surface area contributed by atoms with E-state index in [2.05, 4.69) is 35.5 Å². The molecule has 2 aliphatic heterocycles. The second-order valence-electron chi connectivity index (χ2n) is 11.8. The number of nitrogens with zero attached hydrogens (tertiary/aromatic N) is 7. The van der Waals surface area contributed by atoms with Gasteiger partial charge in [-0.3, -0.25) is 24.6 Å². The molecule has 7 rings (SSSR count). The highest BCUT2D eigenvalue weighted by Crippen LogP contribution is 2.34. The number of thiazole rings is 1. The van der Waals surface area contributed by atoms with Gasteiger partial charge in [0.25, 0.3) is 5.91 Å². The second-order valence-corrected chi connectivity index (χ2v) is 12.8. The van der Waals surface area contributed by atoms with E-state index in [0.29, 0.717) is 60.6 Å². The quantitative estimate of drug-likeness (QED) is 0.233. The third kappa shape index (κ3) is 6.66. The number of amides is 2. The fourth-order valence-corrected chi connectivity index (χ4v) is 6.99. The normalized spacial score (nSPS) is 18.5. The van der Waals surface area contributed by atoms with Crippen molar-refractivity contribution in [3.05, 3.63) is 78.0 Å². The maximum absolute atomic E-state index is 13.6. The van der Waals surface area contributed by atoms with Crippen LogP contribution in [0.2, 0.25) is 0 Å². The maximum atomic E-state index is 13.6. The molecule has 1 saturated heterocycles. The number of aromatic amines is 1. The topological polar surface area (TPSA) is 142 Å². The molecule has 6 heterocycles. The first-order valence-corrected chi connectivity index (χ1v) is 16.2. The summed E-state index contributed by atoms with van der Waals surface area (Å²) in [5.74, 6) is 0.209. The largest absolute Gasteiger partial charge is 0.433 e. The number of benzene rings is 1. The monoisotopic (exact) mass is 689 g/mol. The number of ether oxygens (including phenoxy) is 1. The summed E-state index contributed by atoms with van der Waals surface area (Å²) in [5.41, 5.74) is 0.407. The van der Waals surface area contributed by atoms with Gasteiger partial charge in [0.1, 0.15) is 16.4 Å². The van der Waals surface area contributed by atoms with Crippen molar-refractivity contribution in [3.8, 4) is 22.0 Å². The lowest BCUT2D eigenvalue weighted by molar-refractivity contribution is -0.141. The fraction of sp³-hybridized carbons (Fsp3) is 0.303. The van der Waals surface area contributed by atoms with Crippen LogP contribution in [0, 0.1) is 0 Å². The molecule has 1 aromatic carbocycles. The Hall–Kier alpha value is -5.06. The summed E-state index contributed by atoms with van der Waals surface area (Å²) in [5, 5.41) is 11.4. The molecule has 0 radical (unpaired) electrons. The van der Waals surface area contributed by atoms with Crippen molar-refractivity contribution < 1.29 is 27.5 Å². The molecule has 0 saturated carbocycles. The van der Waals surface area contributed by atoms with Crippen molar-refractivity contribution in [2.45, 2.75) is 24.6 Å². The molecule has 1 atom stereocenters. The summed E-state index contributed by atoms with van der Waals surface area (Å²) < 4.78 is 45.6. The zero-order valence-corrected chi connectivity index (χ0v) is 27.0. The molecule has 49 heavy (non-hydrogen) atoms. The average Bonchev–Trinajstić information content (AvgIpc) is 3.88. The minimum absolute atomic E-state index is 0.0390. The summed E-state index contributed by atoms with van der Waals surface area (Å²) in [6, 6.07) is 9.17. The highest BCUT2D eigenvalue weighted by Gasteiger charge is 2.45. The summed E-state index contributed by atoms with van der Waals surface area (Å²) in [6.07, 6.45) is 4.72. The molecule has 0 spiro atoms. The number of H-pyrrole nitrogens is 1. The number of nitrogens with one attached hydrogen (secondary N) is 2. The van der Waals surface area contributed by atoms with E-state index in [1.807, 2.05) is 11.0 Å². The van der Waals surface area contributed by atoms with Crippen LogP contribution in [0.15, 0.2) is 67.3 Å². The molecule has 2 aliphatic rings. The molecular weight excluding hydrogens is 659 g/mol. The molecule has 1 fully saturated rings. The van der Waals surface area contributed by atoms with Crippen LogP contribution < -0.4 is 5.32 Å². The second kappa shape index (κ2) is 13.1. The van der Waals surface area contributed by atoms with Gasteiger partial charge in [-0.1, -0.05) is 6.08 Å². The van der Waals surface area contributed by atoms with Crippen LogP contribution in [0.3, 0.4) is 0 Å². The van der Waals surface area contributed by atoms with Crippen LogP contribution in [0.25, 0.3) is 38.4 Å². The molecule has 4 aromatic heterocycles. The average molecular weight is 690 g/mol. The first-order chi connectivity index (χ1) is 23.6. The van der Waals surface area contributed by atoms with Crippen molar-refractivity contribution in [3.63, 3.8) is 0 Å². The SMILES string of the molecule is COC1(C(=O)Nc2ccc3[nH]nc(-c4ccnc(C(F)(F)F)c4)c3c2)CCN(CC(=O)N2CC=C(c3ncc(-c4ncccn4)s3)CC2)C1. The molecule has 252 valence electrons. The highest BCUT2D eigenvalue weighted by atomic mass is 32.1. The van der Waals surface area contributed by atoms with Crippen LogP contribution in [0.4, 0.5) is 18.9 Å². The number of fused-ring (bicyclic) bond motifs is 1. The Morgan fingerprint density at radius 1 is 1.08 bits per heavy atom. The highest BCUT2D eigenvalue weighted by molar-refractivity contribution is 7.16. The Morgan fingerprint density at radius 2 is 1.92 bits per heavy atom. The molecule has 12 nitrogen and oxygen atoms in total. The lowest BCUT2D eigenvalue weighted by atomic mass is 10.0. The van der Waals surface area contributed by atoms with Gasteiger partial charge in [0.05, 0.1) is 16.9 Å². The number of likely N-dealkylation sites (tertiary alicyclic amines) is 1. The molecular formula is C33H30F3N9O3S. The smallest absolute Gasteiger partial charge is 0.367 e. The van der Waals surface area contributed by atoms with Crippen LogP contribution in [0.5, 0.6) is 0 Å². The number of aromatic nitrogens is 6. The number of halogens is 3. The van der Waals surface area contributed by atoms with E-state index in [1.54, 1.807) is 47.8 Å². The summed E-state index contributed by atoms with van der Waals surface area (Å²) >= 11 is 1.52. The Morgan fingerprint density at radius 3 is 2.67 bits per heavy atom. The van der Waals surface area contributed by atoms with Gasteiger partial charge in [-0.05, 0) is 54.8 Å². The van der Waals surface area contributed by atoms with Gasteiger partial charge in [0, 0.05) is 74.7 Å². The molecule has 0 aliphatic carbocycles. The van der Waals surface area contributed by atoms with Gasteiger partial charge in [-0.15, -0.1) is 11.3 Å². The zero-order chi connectivity index (χ0) is 34.2. The van der Waals surface area contributed by atoms with Crippen molar-refractivity contribution in [1.29, 1.82) is 0 Å². The lowest BCUT2D eigenvalue weighted by Gasteiger charge is -2.29. The van der Waals surface area contributed by atoms with Gasteiger partial charge in [-0.2, -0.15) is 18.3 Å². The zero-order valence-electron chi connectivity index (χ0n) is 26.2. The predicted octanol–water partition coefficient (Wildman–Crippen LogP) is 4.90. The van der Waals surface area contributed by atoms with Crippen molar-refractivity contribution >= 4 is 45.3 Å². The standard InChI is InChI=1S/C33H30F3N9O3S/c1-48-32(31(47)41-22-3-4-24-23(16-22)28(43-42-24)21-5-11-37-26(15-21)33(34,35)36)8-14-44(19-32)18-27(46)45-12-6-20(7-13-45)30-40-17-25(49-30)29-38-9-2-10-39-29/h2-6,9-11,15-17H,7-8,12-14,18-19H2,1H3,(H,41,47)(H,42,43). The molecule has 2 N–H and O–H groups in total. The molecule has 1 unspecified atom stereocenters. The number of anilines is 1. The first kappa shape index (κ1) is 32.5. The van der Waals surface area contributed by atoms with E-state index in [9.17, 15) is 22.8 Å². The molecule has 16 heteroatoms. The number of carbonyl (C=O) groups is 2. The van der Waals surface area contributed by atoms with Crippen LogP contribution in [-0.4, -0.2) is 97.2 Å². The van der Waals surface area contributed by atoms with Gasteiger partial charge < -0.3 is 15.0 Å². The van der Waals surface area contributed by atoms with Gasteiger partial charge in [0.15, 0.2) is 11.4 Å². The van der Waals surface area contributed by atoms with Crippen LogP contribution >= 0.6 is 11.3 Å². The fourth-order valence-electron chi connectivity index (χ4n) is 6.06. The first-order valence-electron chi connectivity index (χ1n) is 15.4. The van der Waals surface area contributed by atoms with E-state index in [1.165, 1.54) is 24.5 Å². The van der Waals surface area contributed by atoms with Crippen LogP contribution in [0.1, 0.15) is 23.5 Å². The number of alkyl halides is 3. The Balaban J connectivity index is 0.979. The number of carbonyl (C=O) groups excluding carboxylic acids is 2. The van der Waals surface area contributed by atoms with Gasteiger partial charge >= 0.3 is 6.18 Å². The Labute approximate surface area is 282 Å². The number of hydrogen-bond acceptors (Lipinski definition) is 10. The van der Waals surface area contributed by atoms with Gasteiger partial charge in [0.2, 0.25) is 5.91 Å². The number of pyridine rings is 1. The van der Waals surface area contributed by atoms with Crippen LogP contribution in [-0.2, 0) is 20.5 Å². The third-order valence-electron chi connectivity index (χ3n) is 8.75. The van der Waals surface area contributed by atoms with E-state index in [-0.39, 0.29) is 30.5 Å². The summed E-state index contributed by atoms with van der Waals surface area (Å²) in [4.78, 5) is 48.0. The maximum Gasteiger partial charge on any atom is 0.433 e. The van der Waals surface area contributed by atoms with Crippen molar-refractivity contribution in [1.82, 2.24) is 39.9 Å². The molecule has 0 bridgehead atoms. The summed E-state index contributed by atoms with van der Waals surface area (Å²) in [7, 11) is 1.47. The number of hydrogen-bond donors (Lipinski definition) is 2. The minimum Gasteiger partial charge on any atom is -0.367 e. The molecule has 2 amide bonds. The Bertz CT molecular complexity index is 2050.